The fourth-order valence-corrected chi connectivity index (χ4v) is 13.7. The summed E-state index contributed by atoms with van der Waals surface area (Å²) in [6.07, 6.45) is 6.73. The number of hydrogen-bond acceptors (Lipinski definition) is 5. The summed E-state index contributed by atoms with van der Waals surface area (Å²) in [6.45, 7) is 14.7. The third-order valence-electron chi connectivity index (χ3n) is 9.63. The molecular weight excluding hydrogens is 468 g/mol. The summed E-state index contributed by atoms with van der Waals surface area (Å²) in [5, 5.41) is -0.169. The molecule has 4 saturated carbocycles. The van der Waals surface area contributed by atoms with E-state index in [1.807, 2.05) is 6.07 Å². The highest BCUT2D eigenvalue weighted by molar-refractivity contribution is 6.73. The summed E-state index contributed by atoms with van der Waals surface area (Å²) in [7, 11) is -2.65. The van der Waals surface area contributed by atoms with Crippen LogP contribution >= 0.6 is 0 Å². The first kappa shape index (κ1) is 25.5. The largest absolute Gasteiger partial charge is 0.391 e. The normalized spacial score (nSPS) is 41.4. The fraction of sp³-hybridized carbons (Fsp3) is 0.800. The van der Waals surface area contributed by atoms with Crippen LogP contribution in [0.15, 0.2) is 30.3 Å². The van der Waals surface area contributed by atoms with Crippen LogP contribution in [0.2, 0.25) is 10.1 Å². The van der Waals surface area contributed by atoms with E-state index in [0.717, 1.165) is 23.3 Å². The van der Waals surface area contributed by atoms with Gasteiger partial charge < -0.3 is 23.1 Å². The van der Waals surface area contributed by atoms with Crippen molar-refractivity contribution in [3.8, 4) is 0 Å². The monoisotopic (exact) mass is 514 g/mol. The van der Waals surface area contributed by atoms with E-state index in [1.54, 1.807) is 0 Å². The van der Waals surface area contributed by atoms with Crippen LogP contribution in [-0.4, -0.2) is 45.4 Å². The summed E-state index contributed by atoms with van der Waals surface area (Å²) in [6, 6.07) is 10.4. The summed E-state index contributed by atoms with van der Waals surface area (Å²) < 4.78 is 34.3. The van der Waals surface area contributed by atoms with Gasteiger partial charge in [-0.25, -0.2) is 0 Å². The third kappa shape index (κ3) is 4.34. The zero-order valence-corrected chi connectivity index (χ0v) is 24.1. The van der Waals surface area contributed by atoms with Gasteiger partial charge in [0.05, 0.1) is 18.8 Å². The van der Waals surface area contributed by atoms with Crippen molar-refractivity contribution in [2.45, 2.75) is 127 Å². The average molecular weight is 515 g/mol. The molecule has 5 nitrogen and oxygen atoms in total. The molecule has 4 bridgehead atoms. The molecule has 2 heterocycles. The Hall–Kier alpha value is -0.763. The quantitative estimate of drug-likeness (QED) is 0.407. The Balaban J connectivity index is 1.28. The molecule has 0 radical (unpaired) electrons. The van der Waals surface area contributed by atoms with Crippen molar-refractivity contribution >= 4 is 8.56 Å². The molecule has 6 heteroatoms. The zero-order valence-electron chi connectivity index (χ0n) is 23.1. The number of benzene rings is 1. The highest BCUT2D eigenvalue weighted by atomic mass is 28.4. The summed E-state index contributed by atoms with van der Waals surface area (Å²) in [5.74, 6) is 2.47. The molecule has 0 unspecified atom stereocenters. The van der Waals surface area contributed by atoms with Crippen molar-refractivity contribution in [1.29, 1.82) is 0 Å². The third-order valence-corrected chi connectivity index (χ3v) is 14.8. The van der Waals surface area contributed by atoms with Crippen molar-refractivity contribution in [2.24, 2.45) is 17.8 Å². The Morgan fingerprint density at radius 1 is 0.889 bits per heavy atom. The summed E-state index contributed by atoms with van der Waals surface area (Å²) in [4.78, 5) is 0. The van der Waals surface area contributed by atoms with Gasteiger partial charge in [0.25, 0.3) is 0 Å². The van der Waals surface area contributed by atoms with Crippen LogP contribution in [0.4, 0.5) is 0 Å². The number of ether oxygens (including phenoxy) is 3. The summed E-state index contributed by atoms with van der Waals surface area (Å²) in [5.41, 5.74) is 1.11. The molecule has 4 atom stereocenters. The Morgan fingerprint density at radius 2 is 1.47 bits per heavy atom. The topological polar surface area (TPSA) is 46.2 Å². The number of hydrogen-bond donors (Lipinski definition) is 0. The molecule has 0 aromatic heterocycles. The lowest BCUT2D eigenvalue weighted by Crippen LogP contribution is -2.65. The first-order valence-electron chi connectivity index (χ1n) is 14.3. The van der Waals surface area contributed by atoms with E-state index in [0.29, 0.717) is 13.2 Å². The van der Waals surface area contributed by atoms with E-state index in [9.17, 15) is 0 Å². The van der Waals surface area contributed by atoms with E-state index in [-0.39, 0.29) is 34.0 Å². The molecule has 6 aliphatic rings. The van der Waals surface area contributed by atoms with Gasteiger partial charge in [0.15, 0.2) is 6.29 Å². The molecule has 4 aliphatic carbocycles. The molecule has 200 valence electrons. The zero-order chi connectivity index (χ0) is 25.3. The molecule has 36 heavy (non-hydrogen) atoms. The van der Waals surface area contributed by atoms with Crippen LogP contribution in [0.3, 0.4) is 0 Å². The van der Waals surface area contributed by atoms with Gasteiger partial charge in [-0.1, -0.05) is 71.9 Å². The standard InChI is InChI=1S/C30H46O5Si/c1-28(2,3)36(29(4,5)6)32-19-24-25(35-36)26(31-18-20-10-8-7-9-11-20)27(33-24)34-30-15-21-12-22(16-30)14-23(13-21)17-30/h7-11,21-27H,12-19H2,1-6H3/t21?,22?,23?,24-,25-,26+,27-,30?/m1/s1. The van der Waals surface area contributed by atoms with Gasteiger partial charge in [-0.3, -0.25) is 0 Å². The Morgan fingerprint density at radius 3 is 2.03 bits per heavy atom. The van der Waals surface area contributed by atoms with Crippen molar-refractivity contribution in [1.82, 2.24) is 0 Å². The van der Waals surface area contributed by atoms with Crippen LogP contribution in [0.25, 0.3) is 0 Å². The van der Waals surface area contributed by atoms with Crippen LogP contribution in [0.5, 0.6) is 0 Å². The van der Waals surface area contributed by atoms with Crippen LogP contribution in [0.1, 0.15) is 85.6 Å². The van der Waals surface area contributed by atoms with E-state index in [4.69, 9.17) is 23.1 Å². The predicted molar refractivity (Wildman–Crippen MR) is 142 cm³/mol. The van der Waals surface area contributed by atoms with E-state index in [2.05, 4.69) is 65.8 Å². The molecular formula is C30H46O5Si. The van der Waals surface area contributed by atoms with Gasteiger partial charge in [-0.05, 0) is 61.8 Å². The molecule has 2 aliphatic heterocycles. The first-order chi connectivity index (χ1) is 17.0. The van der Waals surface area contributed by atoms with Crippen LogP contribution < -0.4 is 0 Å². The smallest absolute Gasteiger partial charge is 0.349 e. The highest BCUT2D eigenvalue weighted by Crippen LogP contribution is 2.59. The maximum atomic E-state index is 7.17. The number of fused-ring (bicyclic) bond motifs is 1. The van der Waals surface area contributed by atoms with Gasteiger partial charge >= 0.3 is 8.56 Å². The van der Waals surface area contributed by atoms with Gasteiger partial charge in [-0.15, -0.1) is 0 Å². The molecule has 2 saturated heterocycles. The number of rotatable bonds is 5. The van der Waals surface area contributed by atoms with Crippen molar-refractivity contribution in [3.05, 3.63) is 35.9 Å². The predicted octanol–water partition coefficient (Wildman–Crippen LogP) is 6.74. The second-order valence-corrected chi connectivity index (χ2v) is 19.3. The van der Waals surface area contributed by atoms with E-state index in [1.165, 1.54) is 38.5 Å². The minimum Gasteiger partial charge on any atom is -0.391 e. The minimum absolute atomic E-state index is 0.0509. The van der Waals surface area contributed by atoms with Crippen LogP contribution in [-0.2, 0) is 29.7 Å². The SMILES string of the molecule is CC(C)(C)[Si]1(C(C)(C)C)OC[C@H]2O[C@H](OC34CC5CC(CC(C5)C3)C4)[C@@H](OCc3ccccc3)[C@@H]2O1. The molecule has 7 rings (SSSR count). The molecule has 0 N–H and O–H groups in total. The first-order valence-corrected chi connectivity index (χ1v) is 16.1. The molecule has 6 fully saturated rings. The van der Waals surface area contributed by atoms with Gasteiger partial charge in [0, 0.05) is 10.1 Å². The maximum absolute atomic E-state index is 7.17. The van der Waals surface area contributed by atoms with Crippen molar-refractivity contribution in [2.75, 3.05) is 6.61 Å². The lowest BCUT2D eigenvalue weighted by Gasteiger charge is -2.57. The highest BCUT2D eigenvalue weighted by Gasteiger charge is 2.66. The summed E-state index contributed by atoms with van der Waals surface area (Å²) >= 11 is 0. The molecule has 0 spiro atoms. The van der Waals surface area contributed by atoms with Gasteiger partial charge in [0.2, 0.25) is 0 Å². The maximum Gasteiger partial charge on any atom is 0.349 e. The van der Waals surface area contributed by atoms with E-state index >= 15 is 0 Å². The van der Waals surface area contributed by atoms with Crippen molar-refractivity contribution in [3.63, 3.8) is 0 Å². The lowest BCUT2D eigenvalue weighted by atomic mass is 9.54. The van der Waals surface area contributed by atoms with Gasteiger partial charge in [-0.2, -0.15) is 0 Å². The Labute approximate surface area is 218 Å². The van der Waals surface area contributed by atoms with Crippen LogP contribution in [0, 0.1) is 17.8 Å². The molecule has 0 amide bonds. The fourth-order valence-electron chi connectivity index (χ4n) is 8.76. The molecule has 1 aromatic rings. The minimum atomic E-state index is -2.65. The second kappa shape index (κ2) is 8.89. The molecule has 1 aromatic carbocycles. The second-order valence-electron chi connectivity index (χ2n) is 14.5. The average Bonchev–Trinajstić information content (AvgIpc) is 3.11. The Bertz CT molecular complexity index is 886. The van der Waals surface area contributed by atoms with Crippen molar-refractivity contribution < 1.29 is 23.1 Å². The lowest BCUT2D eigenvalue weighted by molar-refractivity contribution is -0.272. The van der Waals surface area contributed by atoms with Gasteiger partial charge in [0.1, 0.15) is 18.3 Å². The Kier molecular flexibility index (Phi) is 6.30. The van der Waals surface area contributed by atoms with E-state index < -0.39 is 14.9 Å².